The standard InChI is InChI=1S/C10H12IN3/c1-6(2)14-10-8(4-12)7(3)9(11)5-13-10/h5-6H,1-3H3,(H,13,14). The molecule has 4 heteroatoms. The molecule has 3 nitrogen and oxygen atoms in total. The molecule has 0 aliphatic rings. The van der Waals surface area contributed by atoms with E-state index in [0.29, 0.717) is 11.4 Å². The van der Waals surface area contributed by atoms with Gasteiger partial charge in [0.2, 0.25) is 0 Å². The molecule has 0 radical (unpaired) electrons. The van der Waals surface area contributed by atoms with Crippen molar-refractivity contribution in [1.29, 1.82) is 5.26 Å². The molecule has 0 amide bonds. The third-order valence-corrected chi connectivity index (χ3v) is 2.90. The van der Waals surface area contributed by atoms with E-state index in [1.165, 1.54) is 0 Å². The first-order valence-corrected chi connectivity index (χ1v) is 5.46. The number of anilines is 1. The topological polar surface area (TPSA) is 48.7 Å². The van der Waals surface area contributed by atoms with Crippen LogP contribution >= 0.6 is 22.6 Å². The van der Waals surface area contributed by atoms with E-state index in [0.717, 1.165) is 9.13 Å². The summed E-state index contributed by atoms with van der Waals surface area (Å²) < 4.78 is 1.02. The molecule has 1 rings (SSSR count). The van der Waals surface area contributed by atoms with Crippen LogP contribution in [0, 0.1) is 21.8 Å². The van der Waals surface area contributed by atoms with Gasteiger partial charge in [-0.25, -0.2) is 4.98 Å². The molecule has 1 aromatic rings. The molecule has 0 aliphatic heterocycles. The highest BCUT2D eigenvalue weighted by Gasteiger charge is 2.10. The van der Waals surface area contributed by atoms with Crippen molar-refractivity contribution >= 4 is 28.4 Å². The first-order valence-electron chi connectivity index (χ1n) is 4.38. The van der Waals surface area contributed by atoms with Crippen LogP contribution in [0.1, 0.15) is 25.0 Å². The summed E-state index contributed by atoms with van der Waals surface area (Å²) in [5.41, 5.74) is 1.64. The SMILES string of the molecule is Cc1c(I)cnc(NC(C)C)c1C#N. The van der Waals surface area contributed by atoms with Gasteiger partial charge in [-0.2, -0.15) is 5.26 Å². The molecular formula is C10H12IN3. The number of halogens is 1. The number of pyridine rings is 1. The molecule has 74 valence electrons. The minimum atomic E-state index is 0.286. The molecule has 1 heterocycles. The maximum atomic E-state index is 9.00. The van der Waals surface area contributed by atoms with E-state index in [9.17, 15) is 0 Å². The molecule has 1 aromatic heterocycles. The Kier molecular flexibility index (Phi) is 3.69. The van der Waals surface area contributed by atoms with E-state index in [2.05, 4.69) is 39.0 Å². The van der Waals surface area contributed by atoms with E-state index in [-0.39, 0.29) is 6.04 Å². The van der Waals surface area contributed by atoms with Crippen LogP contribution in [0.25, 0.3) is 0 Å². The molecule has 0 bridgehead atoms. The van der Waals surface area contributed by atoms with Gasteiger partial charge in [-0.1, -0.05) is 0 Å². The molecule has 1 N–H and O–H groups in total. The predicted molar refractivity (Wildman–Crippen MR) is 65.2 cm³/mol. The zero-order valence-electron chi connectivity index (χ0n) is 8.43. The lowest BCUT2D eigenvalue weighted by molar-refractivity contribution is 0.886. The van der Waals surface area contributed by atoms with Gasteiger partial charge in [0.15, 0.2) is 0 Å². The highest BCUT2D eigenvalue weighted by atomic mass is 127. The summed E-state index contributed by atoms with van der Waals surface area (Å²) in [6.45, 7) is 5.99. The quantitative estimate of drug-likeness (QED) is 0.854. The molecular weight excluding hydrogens is 289 g/mol. The van der Waals surface area contributed by atoms with Gasteiger partial charge >= 0.3 is 0 Å². The number of nitrogens with zero attached hydrogens (tertiary/aromatic N) is 2. The largest absolute Gasteiger partial charge is 0.367 e. The molecule has 14 heavy (non-hydrogen) atoms. The minimum absolute atomic E-state index is 0.286. The van der Waals surface area contributed by atoms with Crippen molar-refractivity contribution in [2.75, 3.05) is 5.32 Å². The summed E-state index contributed by atoms with van der Waals surface area (Å²) in [6.07, 6.45) is 1.78. The summed E-state index contributed by atoms with van der Waals surface area (Å²) in [5.74, 6) is 0.681. The van der Waals surface area contributed by atoms with Gasteiger partial charge in [0.05, 0.1) is 5.56 Å². The van der Waals surface area contributed by atoms with Gasteiger partial charge in [-0.15, -0.1) is 0 Å². The number of hydrogen-bond donors (Lipinski definition) is 1. The summed E-state index contributed by atoms with van der Waals surface area (Å²) in [6, 6.07) is 2.47. The maximum absolute atomic E-state index is 9.00. The zero-order valence-corrected chi connectivity index (χ0v) is 10.6. The van der Waals surface area contributed by atoms with Crippen LogP contribution in [-0.4, -0.2) is 11.0 Å². The Labute approximate surface area is 97.7 Å². The monoisotopic (exact) mass is 301 g/mol. The highest BCUT2D eigenvalue weighted by Crippen LogP contribution is 2.21. The number of aromatic nitrogens is 1. The van der Waals surface area contributed by atoms with Crippen LogP contribution in [-0.2, 0) is 0 Å². The Bertz CT molecular complexity index is 380. The Balaban J connectivity index is 3.19. The van der Waals surface area contributed by atoms with Crippen LogP contribution in [0.5, 0.6) is 0 Å². The third kappa shape index (κ3) is 2.35. The molecule has 0 saturated heterocycles. The fraction of sp³-hybridized carbons (Fsp3) is 0.400. The Hall–Kier alpha value is -0.830. The molecule has 0 spiro atoms. The average Bonchev–Trinajstić information content (AvgIpc) is 2.11. The third-order valence-electron chi connectivity index (χ3n) is 1.81. The van der Waals surface area contributed by atoms with Crippen LogP contribution in [0.4, 0.5) is 5.82 Å². The zero-order chi connectivity index (χ0) is 10.7. The van der Waals surface area contributed by atoms with Crippen molar-refractivity contribution in [3.8, 4) is 6.07 Å². The lowest BCUT2D eigenvalue weighted by Gasteiger charge is -2.12. The van der Waals surface area contributed by atoms with Gasteiger partial charge in [-0.05, 0) is 48.9 Å². The van der Waals surface area contributed by atoms with Crippen molar-refractivity contribution in [1.82, 2.24) is 4.98 Å². The molecule has 0 fully saturated rings. The van der Waals surface area contributed by atoms with Crippen molar-refractivity contribution in [3.05, 3.63) is 20.9 Å². The second kappa shape index (κ2) is 4.60. The average molecular weight is 301 g/mol. The minimum Gasteiger partial charge on any atom is -0.367 e. The predicted octanol–water partition coefficient (Wildman–Crippen LogP) is 2.69. The molecule has 0 saturated carbocycles. The van der Waals surface area contributed by atoms with Crippen molar-refractivity contribution in [3.63, 3.8) is 0 Å². The summed E-state index contributed by atoms with van der Waals surface area (Å²) in [4.78, 5) is 4.21. The summed E-state index contributed by atoms with van der Waals surface area (Å²) in [5, 5.41) is 12.2. The van der Waals surface area contributed by atoms with E-state index in [4.69, 9.17) is 5.26 Å². The van der Waals surface area contributed by atoms with Gasteiger partial charge in [-0.3, -0.25) is 0 Å². The molecule has 0 atom stereocenters. The first-order chi connectivity index (χ1) is 6.56. The lowest BCUT2D eigenvalue weighted by atomic mass is 10.1. The fourth-order valence-electron chi connectivity index (χ4n) is 1.10. The van der Waals surface area contributed by atoms with E-state index < -0.39 is 0 Å². The van der Waals surface area contributed by atoms with Crippen LogP contribution in [0.15, 0.2) is 6.20 Å². The van der Waals surface area contributed by atoms with Gasteiger partial charge in [0.25, 0.3) is 0 Å². The first kappa shape index (κ1) is 11.2. The van der Waals surface area contributed by atoms with Crippen molar-refractivity contribution in [2.45, 2.75) is 26.8 Å². The molecule has 0 aromatic carbocycles. The Morgan fingerprint density at radius 3 is 2.71 bits per heavy atom. The molecule has 0 aliphatic carbocycles. The van der Waals surface area contributed by atoms with Crippen LogP contribution < -0.4 is 5.32 Å². The number of hydrogen-bond acceptors (Lipinski definition) is 3. The molecule has 0 unspecified atom stereocenters. The summed E-state index contributed by atoms with van der Waals surface area (Å²) >= 11 is 2.18. The van der Waals surface area contributed by atoms with E-state index in [1.54, 1.807) is 6.20 Å². The van der Waals surface area contributed by atoms with Gasteiger partial charge < -0.3 is 5.32 Å². The van der Waals surface area contributed by atoms with Gasteiger partial charge in [0, 0.05) is 15.8 Å². The van der Waals surface area contributed by atoms with E-state index >= 15 is 0 Å². The second-order valence-corrected chi connectivity index (χ2v) is 4.53. The number of rotatable bonds is 2. The van der Waals surface area contributed by atoms with E-state index in [1.807, 2.05) is 20.8 Å². The normalized spacial score (nSPS) is 10.0. The maximum Gasteiger partial charge on any atom is 0.144 e. The van der Waals surface area contributed by atoms with Crippen LogP contribution in [0.2, 0.25) is 0 Å². The fourth-order valence-corrected chi connectivity index (χ4v) is 1.51. The smallest absolute Gasteiger partial charge is 0.144 e. The van der Waals surface area contributed by atoms with Crippen molar-refractivity contribution in [2.24, 2.45) is 0 Å². The summed E-state index contributed by atoms with van der Waals surface area (Å²) in [7, 11) is 0. The number of nitrogens with one attached hydrogen (secondary N) is 1. The van der Waals surface area contributed by atoms with Crippen LogP contribution in [0.3, 0.4) is 0 Å². The Morgan fingerprint density at radius 2 is 2.21 bits per heavy atom. The lowest BCUT2D eigenvalue weighted by Crippen LogP contribution is -2.13. The van der Waals surface area contributed by atoms with Gasteiger partial charge in [0.1, 0.15) is 11.9 Å². The Morgan fingerprint density at radius 1 is 1.57 bits per heavy atom. The highest BCUT2D eigenvalue weighted by molar-refractivity contribution is 14.1. The second-order valence-electron chi connectivity index (χ2n) is 3.37. The van der Waals surface area contributed by atoms with Crippen molar-refractivity contribution < 1.29 is 0 Å². The number of nitriles is 1.